The van der Waals surface area contributed by atoms with E-state index < -0.39 is 26.3 Å². The predicted molar refractivity (Wildman–Crippen MR) is 69.6 cm³/mol. The Morgan fingerprint density at radius 3 is 2.79 bits per heavy atom. The number of hydrogen-bond acceptors (Lipinski definition) is 4. The van der Waals surface area contributed by atoms with Crippen LogP contribution < -0.4 is 10.5 Å². The molecule has 1 fully saturated rings. The van der Waals surface area contributed by atoms with E-state index in [1.54, 1.807) is 6.92 Å². The minimum Gasteiger partial charge on any atom is -0.398 e. The molecule has 3 N–H and O–H groups in total. The second-order valence-electron chi connectivity index (χ2n) is 4.98. The van der Waals surface area contributed by atoms with E-state index in [1.807, 2.05) is 0 Å². The molecule has 0 bridgehead atoms. The van der Waals surface area contributed by atoms with Gasteiger partial charge in [0.25, 0.3) is 0 Å². The summed E-state index contributed by atoms with van der Waals surface area (Å²) in [6.45, 7) is 2.61. The van der Waals surface area contributed by atoms with Gasteiger partial charge in [-0.15, -0.1) is 0 Å². The van der Waals surface area contributed by atoms with E-state index in [-0.39, 0.29) is 12.3 Å². The zero-order chi connectivity index (χ0) is 14.1. The number of halogens is 1. The fourth-order valence-corrected chi connectivity index (χ4v) is 3.81. The molecule has 1 heterocycles. The van der Waals surface area contributed by atoms with Gasteiger partial charge in [-0.25, -0.2) is 17.5 Å². The van der Waals surface area contributed by atoms with Crippen molar-refractivity contribution in [1.29, 1.82) is 0 Å². The van der Waals surface area contributed by atoms with Crippen molar-refractivity contribution in [1.82, 2.24) is 4.72 Å². The van der Waals surface area contributed by atoms with E-state index in [9.17, 15) is 12.8 Å². The molecule has 1 atom stereocenters. The number of nitrogens with two attached hydrogens (primary N) is 1. The molecule has 0 radical (unpaired) electrons. The van der Waals surface area contributed by atoms with E-state index >= 15 is 0 Å². The van der Waals surface area contributed by atoms with Gasteiger partial charge in [0, 0.05) is 6.61 Å². The maximum atomic E-state index is 13.7. The van der Waals surface area contributed by atoms with Gasteiger partial charge < -0.3 is 10.5 Å². The van der Waals surface area contributed by atoms with E-state index in [0.29, 0.717) is 13.0 Å². The highest BCUT2D eigenvalue weighted by molar-refractivity contribution is 7.89. The lowest BCUT2D eigenvalue weighted by molar-refractivity contribution is 0.0386. The molecule has 0 aromatic heterocycles. The maximum Gasteiger partial charge on any atom is 0.246 e. The van der Waals surface area contributed by atoms with Gasteiger partial charge in [0.2, 0.25) is 10.0 Å². The molecule has 1 unspecified atom stereocenters. The molecule has 1 aromatic carbocycles. The normalized spacial score (nSPS) is 24.3. The quantitative estimate of drug-likeness (QED) is 0.820. The Labute approximate surface area is 112 Å². The fraction of sp³-hybridized carbons (Fsp3) is 0.500. The van der Waals surface area contributed by atoms with Gasteiger partial charge in [-0.2, -0.15) is 0 Å². The van der Waals surface area contributed by atoms with Gasteiger partial charge >= 0.3 is 0 Å². The largest absolute Gasteiger partial charge is 0.398 e. The zero-order valence-electron chi connectivity index (χ0n) is 10.6. The molecule has 5 nitrogen and oxygen atoms in total. The van der Waals surface area contributed by atoms with E-state index in [2.05, 4.69) is 4.72 Å². The minimum atomic E-state index is -4.01. The number of anilines is 1. The summed E-state index contributed by atoms with van der Waals surface area (Å²) >= 11 is 0. The zero-order valence-corrected chi connectivity index (χ0v) is 11.5. The van der Waals surface area contributed by atoms with Crippen molar-refractivity contribution in [2.45, 2.75) is 30.2 Å². The summed E-state index contributed by atoms with van der Waals surface area (Å²) in [7, 11) is -4.01. The van der Waals surface area contributed by atoms with E-state index in [0.717, 1.165) is 12.5 Å². The Morgan fingerprint density at radius 2 is 2.21 bits per heavy atom. The molecule has 0 amide bonds. The standard InChI is InChI=1S/C12H17FN2O3S/c1-12(6-3-7-18-8-12)15-19(16,17)11-9(13)4-2-5-10(11)14/h2,4-5,15H,3,6-8,14H2,1H3. The van der Waals surface area contributed by atoms with Gasteiger partial charge in [-0.3, -0.25) is 0 Å². The average Bonchev–Trinajstić information content (AvgIpc) is 2.27. The molecule has 19 heavy (non-hydrogen) atoms. The van der Waals surface area contributed by atoms with Crippen LogP contribution in [0.5, 0.6) is 0 Å². The van der Waals surface area contributed by atoms with Crippen LogP contribution in [0.25, 0.3) is 0 Å². The third-order valence-electron chi connectivity index (χ3n) is 3.08. The molecule has 0 spiro atoms. The molecule has 1 aliphatic heterocycles. The molecule has 106 valence electrons. The van der Waals surface area contributed by atoms with Gasteiger partial charge in [0.1, 0.15) is 10.7 Å². The summed E-state index contributed by atoms with van der Waals surface area (Å²) in [4.78, 5) is -0.498. The Morgan fingerprint density at radius 1 is 1.47 bits per heavy atom. The van der Waals surface area contributed by atoms with E-state index in [4.69, 9.17) is 10.5 Å². The van der Waals surface area contributed by atoms with Crippen molar-refractivity contribution in [3.63, 3.8) is 0 Å². The first-order valence-electron chi connectivity index (χ1n) is 6.00. The van der Waals surface area contributed by atoms with Crippen molar-refractivity contribution < 1.29 is 17.5 Å². The Kier molecular flexibility index (Phi) is 3.80. The monoisotopic (exact) mass is 288 g/mol. The number of nitrogens with one attached hydrogen (secondary N) is 1. The van der Waals surface area contributed by atoms with Crippen LogP contribution in [0.15, 0.2) is 23.1 Å². The second kappa shape index (κ2) is 5.07. The molecule has 2 rings (SSSR count). The lowest BCUT2D eigenvalue weighted by atomic mass is 9.97. The molecule has 1 saturated heterocycles. The first-order valence-corrected chi connectivity index (χ1v) is 7.48. The van der Waals surface area contributed by atoms with Crippen LogP contribution in [0.1, 0.15) is 19.8 Å². The number of hydrogen-bond donors (Lipinski definition) is 2. The van der Waals surface area contributed by atoms with Crippen LogP contribution in [-0.4, -0.2) is 27.2 Å². The predicted octanol–water partition coefficient (Wildman–Crippen LogP) is 1.26. The van der Waals surface area contributed by atoms with Crippen LogP contribution in [0.3, 0.4) is 0 Å². The summed E-state index contributed by atoms with van der Waals surface area (Å²) in [6, 6.07) is 3.80. The van der Waals surface area contributed by atoms with Crippen molar-refractivity contribution in [2.75, 3.05) is 18.9 Å². The first kappa shape index (κ1) is 14.2. The van der Waals surface area contributed by atoms with Gasteiger partial charge in [-0.1, -0.05) is 6.07 Å². The minimum absolute atomic E-state index is 0.104. The Bertz CT molecular complexity index is 548. The van der Waals surface area contributed by atoms with E-state index in [1.165, 1.54) is 12.1 Å². The van der Waals surface area contributed by atoms with Crippen molar-refractivity contribution >= 4 is 15.7 Å². The van der Waals surface area contributed by atoms with Crippen LogP contribution in [0.4, 0.5) is 10.1 Å². The molecule has 7 heteroatoms. The molecule has 0 saturated carbocycles. The summed E-state index contributed by atoms with van der Waals surface area (Å²) < 4.78 is 46.0. The fourth-order valence-electron chi connectivity index (χ4n) is 2.20. The van der Waals surface area contributed by atoms with Crippen LogP contribution in [0.2, 0.25) is 0 Å². The van der Waals surface area contributed by atoms with Crippen LogP contribution in [-0.2, 0) is 14.8 Å². The molecule has 0 aliphatic carbocycles. The van der Waals surface area contributed by atoms with Gasteiger partial charge in [0.15, 0.2) is 0 Å². The summed E-state index contributed by atoms with van der Waals surface area (Å²) in [5.74, 6) is -0.854. The van der Waals surface area contributed by atoms with Crippen LogP contribution in [0, 0.1) is 5.82 Å². The number of rotatable bonds is 3. The van der Waals surface area contributed by atoms with Crippen molar-refractivity contribution in [2.24, 2.45) is 0 Å². The second-order valence-corrected chi connectivity index (χ2v) is 6.60. The third kappa shape index (κ3) is 3.05. The topological polar surface area (TPSA) is 81.4 Å². The van der Waals surface area contributed by atoms with Crippen molar-refractivity contribution in [3.05, 3.63) is 24.0 Å². The number of benzene rings is 1. The first-order chi connectivity index (χ1) is 8.84. The number of ether oxygens (including phenoxy) is 1. The van der Waals surface area contributed by atoms with Crippen molar-refractivity contribution in [3.8, 4) is 0 Å². The van der Waals surface area contributed by atoms with Gasteiger partial charge in [-0.05, 0) is 31.9 Å². The highest BCUT2D eigenvalue weighted by Gasteiger charge is 2.34. The summed E-state index contributed by atoms with van der Waals surface area (Å²) in [6.07, 6.45) is 1.40. The number of nitrogen functional groups attached to an aromatic ring is 1. The Hall–Kier alpha value is -1.18. The summed E-state index contributed by atoms with van der Waals surface area (Å²) in [5, 5.41) is 0. The lowest BCUT2D eigenvalue weighted by Crippen LogP contribution is -2.51. The van der Waals surface area contributed by atoms with Gasteiger partial charge in [0.05, 0.1) is 17.8 Å². The smallest absolute Gasteiger partial charge is 0.246 e. The summed E-state index contributed by atoms with van der Waals surface area (Å²) in [5.41, 5.74) is 4.73. The molecular formula is C12H17FN2O3S. The highest BCUT2D eigenvalue weighted by Crippen LogP contribution is 2.26. The third-order valence-corrected chi connectivity index (χ3v) is 4.81. The Balaban J connectivity index is 2.33. The molecular weight excluding hydrogens is 271 g/mol. The SMILES string of the molecule is CC1(NS(=O)(=O)c2c(N)cccc2F)CCCOC1. The number of sulfonamides is 1. The average molecular weight is 288 g/mol. The highest BCUT2D eigenvalue weighted by atomic mass is 32.2. The van der Waals surface area contributed by atoms with Crippen LogP contribution >= 0.6 is 0 Å². The molecule has 1 aromatic rings. The molecule has 1 aliphatic rings. The lowest BCUT2D eigenvalue weighted by Gasteiger charge is -2.34. The maximum absolute atomic E-state index is 13.7.